The van der Waals surface area contributed by atoms with Crippen molar-refractivity contribution in [3.05, 3.63) is 88.0 Å². The lowest BCUT2D eigenvalue weighted by Crippen LogP contribution is -2.12. The van der Waals surface area contributed by atoms with Crippen molar-refractivity contribution in [1.82, 2.24) is 0 Å². The van der Waals surface area contributed by atoms with Crippen molar-refractivity contribution in [2.45, 2.75) is 84.5 Å². The Hall–Kier alpha value is -2.88. The molecule has 206 valence electrons. The van der Waals surface area contributed by atoms with Crippen LogP contribution in [0.25, 0.3) is 28.3 Å². The lowest BCUT2D eigenvalue weighted by Gasteiger charge is -2.26. The van der Waals surface area contributed by atoms with E-state index >= 15 is 8.78 Å². The molecule has 0 saturated heterocycles. The number of fused-ring (bicyclic) bond motifs is 3. The largest absolute Gasteiger partial charge is 0.203 e. The van der Waals surface area contributed by atoms with Crippen molar-refractivity contribution in [2.24, 2.45) is 11.8 Å². The molecule has 0 aromatic heterocycles. The Morgan fingerprint density at radius 1 is 0.744 bits per heavy atom. The summed E-state index contributed by atoms with van der Waals surface area (Å²) in [4.78, 5) is 0. The molecular weight excluding hydrogens is 496 g/mol. The number of rotatable bonds is 9. The van der Waals surface area contributed by atoms with E-state index in [1.54, 1.807) is 24.3 Å². The van der Waals surface area contributed by atoms with Gasteiger partial charge in [0.05, 0.1) is 0 Å². The molecule has 0 aliphatic heterocycles. The van der Waals surface area contributed by atoms with Gasteiger partial charge in [-0.05, 0) is 84.2 Å². The third-order valence-corrected chi connectivity index (χ3v) is 8.69. The quantitative estimate of drug-likeness (QED) is 0.148. The third kappa shape index (κ3) is 5.71. The summed E-state index contributed by atoms with van der Waals surface area (Å²) in [7, 11) is 0. The number of unbranched alkanes of at least 4 members (excludes halogenated alkanes) is 2. The number of aryl methyl sites for hydroxylation is 1. The molecular formula is C35H38F4. The Balaban J connectivity index is 1.31. The second-order valence-corrected chi connectivity index (χ2v) is 11.5. The van der Waals surface area contributed by atoms with E-state index < -0.39 is 23.3 Å². The first-order chi connectivity index (χ1) is 18.9. The molecule has 4 heteroatoms. The van der Waals surface area contributed by atoms with E-state index in [9.17, 15) is 8.78 Å². The second-order valence-electron chi connectivity index (χ2n) is 11.5. The molecule has 2 aliphatic carbocycles. The molecule has 0 nitrogen and oxygen atoms in total. The van der Waals surface area contributed by atoms with Crippen LogP contribution < -0.4 is 0 Å². The summed E-state index contributed by atoms with van der Waals surface area (Å²) in [6.45, 7) is 4.14. The highest BCUT2D eigenvalue weighted by Crippen LogP contribution is 2.45. The Morgan fingerprint density at radius 2 is 1.41 bits per heavy atom. The van der Waals surface area contributed by atoms with Gasteiger partial charge >= 0.3 is 0 Å². The molecule has 0 radical (unpaired) electrons. The van der Waals surface area contributed by atoms with Crippen molar-refractivity contribution >= 4 is 6.08 Å². The highest BCUT2D eigenvalue weighted by molar-refractivity contribution is 5.82. The van der Waals surface area contributed by atoms with E-state index in [0.29, 0.717) is 35.4 Å². The first kappa shape index (κ1) is 27.7. The molecule has 0 spiro atoms. The van der Waals surface area contributed by atoms with Gasteiger partial charge in [0.1, 0.15) is 0 Å². The van der Waals surface area contributed by atoms with Crippen LogP contribution in [0, 0.1) is 35.1 Å². The minimum atomic E-state index is -1.11. The molecule has 5 rings (SSSR count). The standard InChI is InChI=1S/C35H38F4/c1-3-5-6-8-22-9-11-23(12-10-22)13-14-24-15-17-25(18-16-24)29-21-28-20-27-19-26(7-4-2)32(36)34(38)30(27)31(28)35(39)33(29)37/h13-19,21-23H,3-12,20H2,1-2H3. The van der Waals surface area contributed by atoms with Crippen LogP contribution in [0.1, 0.15) is 93.9 Å². The third-order valence-electron chi connectivity index (χ3n) is 8.69. The van der Waals surface area contributed by atoms with Gasteiger partial charge in [-0.3, -0.25) is 0 Å². The fraction of sp³-hybridized carbons (Fsp3) is 0.429. The van der Waals surface area contributed by atoms with E-state index in [2.05, 4.69) is 19.1 Å². The number of allylic oxidation sites excluding steroid dienone is 1. The lowest BCUT2D eigenvalue weighted by atomic mass is 9.79. The van der Waals surface area contributed by atoms with Crippen LogP contribution in [0.3, 0.4) is 0 Å². The fourth-order valence-corrected chi connectivity index (χ4v) is 6.48. The van der Waals surface area contributed by atoms with E-state index in [1.807, 2.05) is 19.1 Å². The number of hydrogen-bond donors (Lipinski definition) is 0. The van der Waals surface area contributed by atoms with Crippen molar-refractivity contribution in [2.75, 3.05) is 0 Å². The summed E-state index contributed by atoms with van der Waals surface area (Å²) in [5.41, 5.74) is 2.73. The molecule has 0 unspecified atom stereocenters. The molecule has 0 amide bonds. The highest BCUT2D eigenvalue weighted by Gasteiger charge is 2.32. The van der Waals surface area contributed by atoms with Crippen LogP contribution in [0.5, 0.6) is 0 Å². The monoisotopic (exact) mass is 534 g/mol. The first-order valence-electron chi connectivity index (χ1n) is 14.7. The zero-order chi connectivity index (χ0) is 27.5. The number of benzene rings is 3. The Kier molecular flexibility index (Phi) is 8.59. The average Bonchev–Trinajstić information content (AvgIpc) is 3.32. The smallest absolute Gasteiger partial charge is 0.167 e. The van der Waals surface area contributed by atoms with Gasteiger partial charge in [-0.2, -0.15) is 0 Å². The molecule has 0 N–H and O–H groups in total. The van der Waals surface area contributed by atoms with E-state index in [1.165, 1.54) is 51.4 Å². The fourth-order valence-electron chi connectivity index (χ4n) is 6.48. The molecule has 1 saturated carbocycles. The van der Waals surface area contributed by atoms with Crippen molar-refractivity contribution in [3.63, 3.8) is 0 Å². The summed E-state index contributed by atoms with van der Waals surface area (Å²) in [6.07, 6.45) is 16.2. The van der Waals surface area contributed by atoms with E-state index in [0.717, 1.165) is 11.5 Å². The maximum Gasteiger partial charge on any atom is 0.167 e. The minimum Gasteiger partial charge on any atom is -0.203 e. The number of halogens is 4. The van der Waals surface area contributed by atoms with Crippen LogP contribution in [0.15, 0.2) is 42.5 Å². The maximum atomic E-state index is 15.3. The van der Waals surface area contributed by atoms with Gasteiger partial charge in [-0.1, -0.05) is 88.4 Å². The van der Waals surface area contributed by atoms with Crippen LogP contribution in [0.4, 0.5) is 17.6 Å². The first-order valence-corrected chi connectivity index (χ1v) is 14.7. The molecule has 0 bridgehead atoms. The summed E-state index contributed by atoms with van der Waals surface area (Å²) >= 11 is 0. The van der Waals surface area contributed by atoms with Gasteiger partial charge in [-0.15, -0.1) is 0 Å². The zero-order valence-corrected chi connectivity index (χ0v) is 23.1. The van der Waals surface area contributed by atoms with Gasteiger partial charge in [0.25, 0.3) is 0 Å². The molecule has 1 fully saturated rings. The van der Waals surface area contributed by atoms with Crippen molar-refractivity contribution < 1.29 is 17.6 Å². The van der Waals surface area contributed by atoms with Crippen LogP contribution in [0.2, 0.25) is 0 Å². The highest BCUT2D eigenvalue weighted by atomic mass is 19.2. The predicted octanol–water partition coefficient (Wildman–Crippen LogP) is 10.8. The lowest BCUT2D eigenvalue weighted by molar-refractivity contribution is 0.290. The topological polar surface area (TPSA) is 0 Å². The van der Waals surface area contributed by atoms with Gasteiger partial charge in [-0.25, -0.2) is 17.6 Å². The predicted molar refractivity (Wildman–Crippen MR) is 153 cm³/mol. The van der Waals surface area contributed by atoms with Crippen molar-refractivity contribution in [1.29, 1.82) is 0 Å². The molecule has 0 atom stereocenters. The van der Waals surface area contributed by atoms with Crippen LogP contribution >= 0.6 is 0 Å². The summed E-state index contributed by atoms with van der Waals surface area (Å²) < 4.78 is 60.2. The Morgan fingerprint density at radius 3 is 2.08 bits per heavy atom. The van der Waals surface area contributed by atoms with Gasteiger partial charge < -0.3 is 0 Å². The molecule has 3 aromatic rings. The molecule has 0 heterocycles. The van der Waals surface area contributed by atoms with Crippen LogP contribution in [-0.2, 0) is 12.8 Å². The average molecular weight is 535 g/mol. The maximum absolute atomic E-state index is 15.3. The van der Waals surface area contributed by atoms with Crippen molar-refractivity contribution in [3.8, 4) is 22.3 Å². The van der Waals surface area contributed by atoms with E-state index in [4.69, 9.17) is 0 Å². The van der Waals surface area contributed by atoms with Crippen LogP contribution in [-0.4, -0.2) is 0 Å². The van der Waals surface area contributed by atoms with Gasteiger partial charge in [0, 0.05) is 16.7 Å². The van der Waals surface area contributed by atoms with Gasteiger partial charge in [0.2, 0.25) is 0 Å². The molecule has 3 aromatic carbocycles. The van der Waals surface area contributed by atoms with E-state index in [-0.39, 0.29) is 28.7 Å². The molecule has 2 aliphatic rings. The normalized spacial score (nSPS) is 18.5. The Labute approximate surface area is 230 Å². The zero-order valence-electron chi connectivity index (χ0n) is 23.1. The molecule has 39 heavy (non-hydrogen) atoms. The summed E-state index contributed by atoms with van der Waals surface area (Å²) in [6, 6.07) is 10.6. The summed E-state index contributed by atoms with van der Waals surface area (Å²) in [5, 5.41) is 0. The minimum absolute atomic E-state index is 0.138. The second kappa shape index (κ2) is 12.1. The Bertz CT molecular complexity index is 1340. The SMILES string of the molecule is CCCCCC1CCC(C=Cc2ccc(-c3cc4c(c(F)c3F)-c3c(cc(CCC)c(F)c3F)C4)cc2)CC1. The van der Waals surface area contributed by atoms with Gasteiger partial charge in [0.15, 0.2) is 23.3 Å². The summed E-state index contributed by atoms with van der Waals surface area (Å²) in [5.74, 6) is -2.71. The number of hydrogen-bond acceptors (Lipinski definition) is 0.